The normalized spacial score (nSPS) is 27.3. The predicted octanol–water partition coefficient (Wildman–Crippen LogP) is 2.70. The summed E-state index contributed by atoms with van der Waals surface area (Å²) in [5, 5.41) is 23.2. The Hall–Kier alpha value is -0.120. The first-order valence-electron chi connectivity index (χ1n) is 7.71. The monoisotopic (exact) mass is 271 g/mol. The minimum absolute atomic E-state index is 0.198. The Morgan fingerprint density at radius 1 is 1.05 bits per heavy atom. The number of hydrogen-bond acceptors (Lipinski definition) is 3. The average molecular weight is 271 g/mol. The summed E-state index contributed by atoms with van der Waals surface area (Å²) in [6, 6.07) is 0.696. The first kappa shape index (κ1) is 16.9. The van der Waals surface area contributed by atoms with Crippen LogP contribution in [0.25, 0.3) is 0 Å². The number of rotatable bonds is 5. The van der Waals surface area contributed by atoms with Crippen LogP contribution in [-0.4, -0.2) is 34.5 Å². The van der Waals surface area contributed by atoms with Crippen LogP contribution in [-0.2, 0) is 0 Å². The Balaban J connectivity index is 2.39. The molecule has 3 nitrogen and oxygen atoms in total. The first-order valence-corrected chi connectivity index (χ1v) is 7.71. The van der Waals surface area contributed by atoms with Crippen LogP contribution in [0, 0.1) is 11.3 Å². The van der Waals surface area contributed by atoms with Gasteiger partial charge in [-0.3, -0.25) is 0 Å². The number of aliphatic hydroxyl groups is 2. The molecule has 0 unspecified atom stereocenters. The molecule has 3 N–H and O–H groups in total. The second-order valence-electron chi connectivity index (χ2n) is 8.01. The van der Waals surface area contributed by atoms with Crippen LogP contribution in [0.3, 0.4) is 0 Å². The van der Waals surface area contributed by atoms with E-state index in [4.69, 9.17) is 0 Å². The highest BCUT2D eigenvalue weighted by atomic mass is 16.3. The van der Waals surface area contributed by atoms with Crippen molar-refractivity contribution >= 4 is 0 Å². The van der Waals surface area contributed by atoms with Gasteiger partial charge in [-0.25, -0.2) is 0 Å². The van der Waals surface area contributed by atoms with Crippen molar-refractivity contribution in [2.24, 2.45) is 11.3 Å². The van der Waals surface area contributed by atoms with Gasteiger partial charge in [-0.2, -0.15) is 0 Å². The average Bonchev–Trinajstić information content (AvgIpc) is 2.26. The van der Waals surface area contributed by atoms with Crippen LogP contribution >= 0.6 is 0 Å². The van der Waals surface area contributed by atoms with Crippen molar-refractivity contribution in [3.8, 4) is 0 Å². The summed E-state index contributed by atoms with van der Waals surface area (Å²) in [5.41, 5.74) is -0.308. The number of hydrogen-bond donors (Lipinski definition) is 3. The molecule has 1 aliphatic rings. The first-order chi connectivity index (χ1) is 8.62. The van der Waals surface area contributed by atoms with Gasteiger partial charge in [0.25, 0.3) is 0 Å². The van der Waals surface area contributed by atoms with Gasteiger partial charge in [-0.05, 0) is 57.3 Å². The molecule has 1 fully saturated rings. The molecule has 0 aliphatic heterocycles. The quantitative estimate of drug-likeness (QED) is 0.720. The van der Waals surface area contributed by atoms with Gasteiger partial charge < -0.3 is 15.5 Å². The summed E-state index contributed by atoms with van der Waals surface area (Å²) in [5.74, 6) is 0.417. The van der Waals surface area contributed by atoms with Crippen molar-refractivity contribution in [1.29, 1.82) is 0 Å². The minimum atomic E-state index is -0.549. The Morgan fingerprint density at radius 3 is 1.95 bits per heavy atom. The van der Waals surface area contributed by atoms with Crippen LogP contribution in [0.4, 0.5) is 0 Å². The van der Waals surface area contributed by atoms with Crippen molar-refractivity contribution in [2.75, 3.05) is 6.61 Å². The topological polar surface area (TPSA) is 52.5 Å². The van der Waals surface area contributed by atoms with Gasteiger partial charge in [0.15, 0.2) is 0 Å². The third-order valence-electron chi connectivity index (χ3n) is 4.28. The van der Waals surface area contributed by atoms with E-state index in [9.17, 15) is 10.2 Å². The van der Waals surface area contributed by atoms with E-state index in [0.29, 0.717) is 12.0 Å². The molecular formula is C16H33NO2. The number of aliphatic hydroxyl groups excluding tert-OH is 1. The molecule has 0 radical (unpaired) electrons. The molecule has 0 bridgehead atoms. The zero-order valence-electron chi connectivity index (χ0n) is 13.4. The molecule has 1 aliphatic carbocycles. The molecule has 0 spiro atoms. The molecule has 1 rings (SSSR count). The smallest absolute Gasteiger partial charge is 0.0619 e. The Labute approximate surface area is 118 Å². The lowest BCUT2D eigenvalue weighted by molar-refractivity contribution is -0.00406. The van der Waals surface area contributed by atoms with Crippen LogP contribution in [0.5, 0.6) is 0 Å². The summed E-state index contributed by atoms with van der Waals surface area (Å²) in [6.07, 6.45) is 5.36. The van der Waals surface area contributed by atoms with E-state index >= 15 is 0 Å². The lowest BCUT2D eigenvalue weighted by Gasteiger charge is -2.38. The molecule has 0 saturated heterocycles. The molecule has 3 heteroatoms. The second kappa shape index (κ2) is 6.55. The molecule has 0 heterocycles. The summed E-state index contributed by atoms with van der Waals surface area (Å²) in [4.78, 5) is 0. The maximum absolute atomic E-state index is 10.0. The molecule has 19 heavy (non-hydrogen) atoms. The summed E-state index contributed by atoms with van der Waals surface area (Å²) >= 11 is 0. The van der Waals surface area contributed by atoms with E-state index in [0.717, 1.165) is 32.1 Å². The van der Waals surface area contributed by atoms with Gasteiger partial charge in [-0.1, -0.05) is 20.8 Å². The molecule has 0 aromatic heterocycles. The van der Waals surface area contributed by atoms with E-state index in [1.807, 2.05) is 13.8 Å². The number of nitrogens with one attached hydrogen (secondary N) is 1. The third-order valence-corrected chi connectivity index (χ3v) is 4.28. The zero-order valence-corrected chi connectivity index (χ0v) is 13.4. The van der Waals surface area contributed by atoms with E-state index in [2.05, 4.69) is 26.1 Å². The molecule has 0 aromatic rings. The third kappa shape index (κ3) is 6.24. The predicted molar refractivity (Wildman–Crippen MR) is 80.1 cm³/mol. The van der Waals surface area contributed by atoms with Gasteiger partial charge in [0, 0.05) is 12.1 Å². The van der Waals surface area contributed by atoms with Crippen LogP contribution in [0.15, 0.2) is 0 Å². The molecule has 114 valence electrons. The highest BCUT2D eigenvalue weighted by molar-refractivity contribution is 4.87. The van der Waals surface area contributed by atoms with Crippen molar-refractivity contribution in [3.63, 3.8) is 0 Å². The largest absolute Gasteiger partial charge is 0.395 e. The van der Waals surface area contributed by atoms with Crippen LogP contribution in [0.2, 0.25) is 0 Å². The molecule has 1 atom stereocenters. The van der Waals surface area contributed by atoms with Crippen molar-refractivity contribution in [1.82, 2.24) is 5.32 Å². The zero-order chi connectivity index (χ0) is 14.7. The maximum Gasteiger partial charge on any atom is 0.0619 e. The fraction of sp³-hybridized carbons (Fsp3) is 1.00. The second-order valence-corrected chi connectivity index (χ2v) is 8.01. The van der Waals surface area contributed by atoms with E-state index in [1.165, 1.54) is 0 Å². The molecular weight excluding hydrogens is 238 g/mol. The van der Waals surface area contributed by atoms with Gasteiger partial charge in [0.1, 0.15) is 0 Å². The summed E-state index contributed by atoms with van der Waals surface area (Å²) < 4.78 is 0. The standard InChI is InChI=1S/C16H33NO2/c1-15(2,3)10-14(11-18)17-13-8-6-12(7-9-13)16(4,5)19/h12-14,17-19H,6-11H2,1-5H3/t12?,13?,14-/m1/s1. The molecule has 0 amide bonds. The maximum atomic E-state index is 10.0. The Bertz CT molecular complexity index is 257. The van der Waals surface area contributed by atoms with E-state index in [-0.39, 0.29) is 18.1 Å². The minimum Gasteiger partial charge on any atom is -0.395 e. The SMILES string of the molecule is CC(C)(C)C[C@H](CO)NC1CCC(C(C)(C)O)CC1. The Morgan fingerprint density at radius 2 is 1.58 bits per heavy atom. The fourth-order valence-electron chi connectivity index (χ4n) is 3.22. The van der Waals surface area contributed by atoms with Crippen molar-refractivity contribution < 1.29 is 10.2 Å². The Kier molecular flexibility index (Phi) is 5.84. The lowest BCUT2D eigenvalue weighted by atomic mass is 9.77. The van der Waals surface area contributed by atoms with E-state index < -0.39 is 5.60 Å². The highest BCUT2D eigenvalue weighted by Gasteiger charge is 2.32. The van der Waals surface area contributed by atoms with Gasteiger partial charge in [0.2, 0.25) is 0 Å². The fourth-order valence-corrected chi connectivity index (χ4v) is 3.22. The van der Waals surface area contributed by atoms with E-state index in [1.54, 1.807) is 0 Å². The van der Waals surface area contributed by atoms with Crippen molar-refractivity contribution in [2.45, 2.75) is 84.4 Å². The summed E-state index contributed by atoms with van der Waals surface area (Å²) in [6.45, 7) is 10.7. The summed E-state index contributed by atoms with van der Waals surface area (Å²) in [7, 11) is 0. The van der Waals surface area contributed by atoms with Crippen molar-refractivity contribution in [3.05, 3.63) is 0 Å². The lowest BCUT2D eigenvalue weighted by Crippen LogP contribution is -2.46. The van der Waals surface area contributed by atoms with Gasteiger partial charge >= 0.3 is 0 Å². The highest BCUT2D eigenvalue weighted by Crippen LogP contribution is 2.33. The molecule has 1 saturated carbocycles. The molecule has 0 aromatic carbocycles. The van der Waals surface area contributed by atoms with Gasteiger partial charge in [0.05, 0.1) is 12.2 Å². The van der Waals surface area contributed by atoms with Gasteiger partial charge in [-0.15, -0.1) is 0 Å². The van der Waals surface area contributed by atoms with Crippen LogP contribution < -0.4 is 5.32 Å². The van der Waals surface area contributed by atoms with Crippen LogP contribution in [0.1, 0.15) is 66.7 Å².